The molecule has 0 saturated carbocycles. The van der Waals surface area contributed by atoms with Gasteiger partial charge in [-0.1, -0.05) is 34.1 Å². The van der Waals surface area contributed by atoms with E-state index in [1.165, 1.54) is 16.7 Å². The van der Waals surface area contributed by atoms with E-state index < -0.39 is 0 Å². The Bertz CT molecular complexity index is 628. The molecule has 0 aliphatic heterocycles. The van der Waals surface area contributed by atoms with Crippen molar-refractivity contribution >= 4 is 15.9 Å². The Morgan fingerprint density at radius 1 is 1.19 bits per heavy atom. The van der Waals surface area contributed by atoms with Gasteiger partial charge in [0.2, 0.25) is 0 Å². The zero-order valence-corrected chi connectivity index (χ0v) is 14.2. The summed E-state index contributed by atoms with van der Waals surface area (Å²) in [5.74, 6) is 6.70. The smallest absolute Gasteiger partial charge is 0.122 e. The van der Waals surface area contributed by atoms with Crippen molar-refractivity contribution in [2.75, 3.05) is 7.11 Å². The van der Waals surface area contributed by atoms with Gasteiger partial charge in [-0.25, -0.2) is 0 Å². The molecule has 0 heterocycles. The van der Waals surface area contributed by atoms with Crippen molar-refractivity contribution in [3.8, 4) is 5.75 Å². The van der Waals surface area contributed by atoms with E-state index in [-0.39, 0.29) is 6.04 Å². The third kappa shape index (κ3) is 3.84. The van der Waals surface area contributed by atoms with Crippen LogP contribution in [0.1, 0.15) is 28.3 Å². The van der Waals surface area contributed by atoms with Crippen molar-refractivity contribution in [1.82, 2.24) is 5.43 Å². The van der Waals surface area contributed by atoms with Crippen LogP contribution >= 0.6 is 15.9 Å². The highest BCUT2D eigenvalue weighted by Crippen LogP contribution is 2.28. The maximum atomic E-state index is 5.79. The molecule has 0 aromatic heterocycles. The number of hydrogen-bond donors (Lipinski definition) is 2. The monoisotopic (exact) mass is 348 g/mol. The maximum Gasteiger partial charge on any atom is 0.122 e. The average Bonchev–Trinajstić information content (AvgIpc) is 2.47. The standard InChI is InChI=1S/C17H21BrN2O/c1-11-8-17(21-3)12(2)7-15(11)16(20-19)10-13-5-4-6-14(18)9-13/h4-9,16,20H,10,19H2,1-3H3. The first-order valence-electron chi connectivity index (χ1n) is 6.91. The van der Waals surface area contributed by atoms with Gasteiger partial charge in [0.25, 0.3) is 0 Å². The first-order valence-corrected chi connectivity index (χ1v) is 7.70. The van der Waals surface area contributed by atoms with Crippen molar-refractivity contribution in [3.05, 3.63) is 63.1 Å². The summed E-state index contributed by atoms with van der Waals surface area (Å²) in [4.78, 5) is 0. The minimum absolute atomic E-state index is 0.0731. The number of methoxy groups -OCH3 is 1. The molecule has 1 atom stereocenters. The van der Waals surface area contributed by atoms with Gasteiger partial charge in [-0.15, -0.1) is 0 Å². The Hall–Kier alpha value is -1.36. The second-order valence-electron chi connectivity index (χ2n) is 5.23. The molecular weight excluding hydrogens is 328 g/mol. The van der Waals surface area contributed by atoms with Gasteiger partial charge in [-0.2, -0.15) is 0 Å². The van der Waals surface area contributed by atoms with Crippen molar-refractivity contribution < 1.29 is 4.74 Å². The summed E-state index contributed by atoms with van der Waals surface area (Å²) in [5.41, 5.74) is 7.67. The fourth-order valence-electron chi connectivity index (χ4n) is 2.57. The summed E-state index contributed by atoms with van der Waals surface area (Å²) < 4.78 is 6.45. The number of nitrogens with two attached hydrogens (primary N) is 1. The van der Waals surface area contributed by atoms with Crippen LogP contribution in [0, 0.1) is 13.8 Å². The SMILES string of the molecule is COc1cc(C)c(C(Cc2cccc(Br)c2)NN)cc1C. The minimum Gasteiger partial charge on any atom is -0.496 e. The average molecular weight is 349 g/mol. The van der Waals surface area contributed by atoms with Crippen LogP contribution in [0.15, 0.2) is 40.9 Å². The molecule has 4 heteroatoms. The molecule has 0 radical (unpaired) electrons. The van der Waals surface area contributed by atoms with E-state index in [0.717, 1.165) is 22.2 Å². The lowest BCUT2D eigenvalue weighted by Crippen LogP contribution is -2.30. The van der Waals surface area contributed by atoms with Gasteiger partial charge in [0, 0.05) is 4.47 Å². The fourth-order valence-corrected chi connectivity index (χ4v) is 3.01. The largest absolute Gasteiger partial charge is 0.496 e. The fraction of sp³-hybridized carbons (Fsp3) is 0.294. The topological polar surface area (TPSA) is 47.3 Å². The molecule has 0 amide bonds. The summed E-state index contributed by atoms with van der Waals surface area (Å²) in [5, 5.41) is 0. The Balaban J connectivity index is 2.31. The van der Waals surface area contributed by atoms with E-state index in [4.69, 9.17) is 10.6 Å². The molecule has 112 valence electrons. The third-order valence-corrected chi connectivity index (χ3v) is 4.18. The predicted molar refractivity (Wildman–Crippen MR) is 90.4 cm³/mol. The van der Waals surface area contributed by atoms with Crippen molar-refractivity contribution in [2.24, 2.45) is 5.84 Å². The lowest BCUT2D eigenvalue weighted by atomic mass is 9.94. The lowest BCUT2D eigenvalue weighted by molar-refractivity contribution is 0.410. The van der Waals surface area contributed by atoms with Gasteiger partial charge in [0.1, 0.15) is 5.75 Å². The number of halogens is 1. The van der Waals surface area contributed by atoms with E-state index >= 15 is 0 Å². The number of hydrazine groups is 1. The number of benzene rings is 2. The normalized spacial score (nSPS) is 12.2. The van der Waals surface area contributed by atoms with Gasteiger partial charge in [0.05, 0.1) is 13.2 Å². The first-order chi connectivity index (χ1) is 10.0. The molecule has 2 aromatic rings. The van der Waals surface area contributed by atoms with Crippen molar-refractivity contribution in [1.29, 1.82) is 0 Å². The van der Waals surface area contributed by atoms with Crippen LogP contribution in [-0.4, -0.2) is 7.11 Å². The molecule has 0 aliphatic rings. The highest BCUT2D eigenvalue weighted by Gasteiger charge is 2.15. The van der Waals surface area contributed by atoms with Crippen molar-refractivity contribution in [3.63, 3.8) is 0 Å². The molecular formula is C17H21BrN2O. The Morgan fingerprint density at radius 2 is 1.95 bits per heavy atom. The van der Waals surface area contributed by atoms with E-state index in [9.17, 15) is 0 Å². The summed E-state index contributed by atoms with van der Waals surface area (Å²) in [6.45, 7) is 4.14. The van der Waals surface area contributed by atoms with Gasteiger partial charge in [0.15, 0.2) is 0 Å². The summed E-state index contributed by atoms with van der Waals surface area (Å²) >= 11 is 3.51. The van der Waals surface area contributed by atoms with E-state index in [1.807, 2.05) is 12.1 Å². The molecule has 0 bridgehead atoms. The highest BCUT2D eigenvalue weighted by molar-refractivity contribution is 9.10. The zero-order chi connectivity index (χ0) is 15.4. The number of ether oxygens (including phenoxy) is 1. The van der Waals surface area contributed by atoms with Crippen LogP contribution in [-0.2, 0) is 6.42 Å². The molecule has 0 saturated heterocycles. The van der Waals surface area contributed by atoms with Crippen LogP contribution in [0.4, 0.5) is 0 Å². The van der Waals surface area contributed by atoms with Gasteiger partial charge in [-0.05, 0) is 60.7 Å². The van der Waals surface area contributed by atoms with Crippen molar-refractivity contribution in [2.45, 2.75) is 26.3 Å². The first kappa shape index (κ1) is 16.0. The zero-order valence-electron chi connectivity index (χ0n) is 12.6. The van der Waals surface area contributed by atoms with Crippen LogP contribution in [0.2, 0.25) is 0 Å². The predicted octanol–water partition coefficient (Wildman–Crippen LogP) is 3.82. The van der Waals surface area contributed by atoms with E-state index in [1.54, 1.807) is 7.11 Å². The van der Waals surface area contributed by atoms with Gasteiger partial charge < -0.3 is 4.74 Å². The Morgan fingerprint density at radius 3 is 2.57 bits per heavy atom. The molecule has 3 N–H and O–H groups in total. The van der Waals surface area contributed by atoms with Gasteiger partial charge in [-0.3, -0.25) is 11.3 Å². The molecule has 0 aliphatic carbocycles. The molecule has 3 nitrogen and oxygen atoms in total. The maximum absolute atomic E-state index is 5.79. The molecule has 0 fully saturated rings. The molecule has 1 unspecified atom stereocenters. The molecule has 2 aromatic carbocycles. The second kappa shape index (κ2) is 7.07. The van der Waals surface area contributed by atoms with E-state index in [2.05, 4.69) is 59.5 Å². The molecule has 0 spiro atoms. The van der Waals surface area contributed by atoms with Crippen LogP contribution in [0.3, 0.4) is 0 Å². The van der Waals surface area contributed by atoms with E-state index in [0.29, 0.717) is 0 Å². The third-order valence-electron chi connectivity index (χ3n) is 3.69. The number of hydrogen-bond acceptors (Lipinski definition) is 3. The number of rotatable bonds is 5. The molecule has 2 rings (SSSR count). The van der Waals surface area contributed by atoms with Crippen LogP contribution < -0.4 is 16.0 Å². The minimum atomic E-state index is 0.0731. The Labute approximate surface area is 134 Å². The number of aryl methyl sites for hydroxylation is 2. The Kier molecular flexibility index (Phi) is 5.39. The quantitative estimate of drug-likeness (QED) is 0.637. The summed E-state index contributed by atoms with van der Waals surface area (Å²) in [6.07, 6.45) is 0.836. The summed E-state index contributed by atoms with van der Waals surface area (Å²) in [6, 6.07) is 12.6. The highest BCUT2D eigenvalue weighted by atomic mass is 79.9. The van der Waals surface area contributed by atoms with Crippen LogP contribution in [0.5, 0.6) is 5.75 Å². The second-order valence-corrected chi connectivity index (χ2v) is 6.15. The summed E-state index contributed by atoms with van der Waals surface area (Å²) in [7, 11) is 1.70. The lowest BCUT2D eigenvalue weighted by Gasteiger charge is -2.20. The molecule has 21 heavy (non-hydrogen) atoms. The number of nitrogens with one attached hydrogen (secondary N) is 1. The van der Waals surface area contributed by atoms with Gasteiger partial charge >= 0.3 is 0 Å². The van der Waals surface area contributed by atoms with Crippen LogP contribution in [0.25, 0.3) is 0 Å².